The van der Waals surface area contributed by atoms with Gasteiger partial charge >= 0.3 is 0 Å². The van der Waals surface area contributed by atoms with Crippen molar-refractivity contribution < 1.29 is 0 Å². The van der Waals surface area contributed by atoms with Crippen molar-refractivity contribution >= 4 is 44.1 Å². The first-order valence-electron chi connectivity index (χ1n) is 5.84. The molecule has 1 aromatic heterocycles. The summed E-state index contributed by atoms with van der Waals surface area (Å²) in [7, 11) is 0. The second kappa shape index (κ2) is 5.23. The predicted octanol–water partition coefficient (Wildman–Crippen LogP) is 4.59. The van der Waals surface area contributed by atoms with Crippen molar-refractivity contribution in [3.05, 3.63) is 57.7 Å². The van der Waals surface area contributed by atoms with Crippen molar-refractivity contribution in [1.82, 2.24) is 10.2 Å². The summed E-state index contributed by atoms with van der Waals surface area (Å²) in [5.74, 6) is 0. The van der Waals surface area contributed by atoms with Crippen LogP contribution < -0.4 is 5.32 Å². The number of nitrogens with one attached hydrogen (secondary N) is 2. The van der Waals surface area contributed by atoms with E-state index in [1.807, 2.05) is 42.6 Å². The van der Waals surface area contributed by atoms with E-state index in [0.29, 0.717) is 6.54 Å². The van der Waals surface area contributed by atoms with Crippen molar-refractivity contribution in [3.63, 3.8) is 0 Å². The maximum Gasteiger partial charge on any atom is 0.0671 e. The van der Waals surface area contributed by atoms with Crippen LogP contribution in [0, 0.1) is 0 Å². The normalized spacial score (nSPS) is 10.8. The molecule has 19 heavy (non-hydrogen) atoms. The fourth-order valence-corrected chi connectivity index (χ4v) is 2.58. The zero-order valence-corrected chi connectivity index (χ0v) is 12.3. The number of anilines is 1. The van der Waals surface area contributed by atoms with Gasteiger partial charge in [-0.15, -0.1) is 0 Å². The first-order chi connectivity index (χ1) is 9.24. The Hall–Kier alpha value is -1.52. The second-order valence-corrected chi connectivity index (χ2v) is 5.55. The highest BCUT2D eigenvalue weighted by molar-refractivity contribution is 9.10. The zero-order chi connectivity index (χ0) is 13.2. The van der Waals surface area contributed by atoms with Crippen molar-refractivity contribution in [2.75, 3.05) is 5.32 Å². The largest absolute Gasteiger partial charge is 0.380 e. The predicted molar refractivity (Wildman–Crippen MR) is 82.6 cm³/mol. The monoisotopic (exact) mass is 335 g/mol. The molecule has 0 saturated carbocycles. The van der Waals surface area contributed by atoms with Crippen LogP contribution in [0.4, 0.5) is 5.69 Å². The SMILES string of the molecule is Clc1ccc(Br)cc1CNc1cccc2[nH]ncc12. The summed E-state index contributed by atoms with van der Waals surface area (Å²) in [4.78, 5) is 0. The minimum Gasteiger partial charge on any atom is -0.380 e. The molecule has 0 aliphatic rings. The van der Waals surface area contributed by atoms with Crippen LogP contribution in [0.25, 0.3) is 10.9 Å². The van der Waals surface area contributed by atoms with E-state index in [1.165, 1.54) is 0 Å². The highest BCUT2D eigenvalue weighted by atomic mass is 79.9. The molecule has 3 nitrogen and oxygen atoms in total. The smallest absolute Gasteiger partial charge is 0.0671 e. The molecule has 2 N–H and O–H groups in total. The molecule has 5 heteroatoms. The molecule has 0 amide bonds. The fourth-order valence-electron chi connectivity index (χ4n) is 1.99. The van der Waals surface area contributed by atoms with Gasteiger partial charge in [-0.05, 0) is 35.9 Å². The third-order valence-electron chi connectivity index (χ3n) is 2.96. The number of halogens is 2. The molecule has 0 unspecified atom stereocenters. The molecule has 0 radical (unpaired) electrons. The highest BCUT2D eigenvalue weighted by Gasteiger charge is 2.04. The number of H-pyrrole nitrogens is 1. The molecule has 0 spiro atoms. The van der Waals surface area contributed by atoms with Gasteiger partial charge in [0.1, 0.15) is 0 Å². The summed E-state index contributed by atoms with van der Waals surface area (Å²) in [6.45, 7) is 0.669. The Morgan fingerprint density at radius 2 is 2.16 bits per heavy atom. The van der Waals surface area contributed by atoms with Crippen LogP contribution in [0.5, 0.6) is 0 Å². The minimum absolute atomic E-state index is 0.669. The molecule has 1 heterocycles. The van der Waals surface area contributed by atoms with E-state index >= 15 is 0 Å². The lowest BCUT2D eigenvalue weighted by molar-refractivity contribution is 1.12. The van der Waals surface area contributed by atoms with Crippen LogP contribution in [-0.2, 0) is 6.54 Å². The number of aromatic amines is 1. The van der Waals surface area contributed by atoms with E-state index in [4.69, 9.17) is 11.6 Å². The van der Waals surface area contributed by atoms with E-state index in [9.17, 15) is 0 Å². The number of aromatic nitrogens is 2. The van der Waals surface area contributed by atoms with E-state index in [0.717, 1.165) is 31.6 Å². The molecule has 0 atom stereocenters. The Balaban J connectivity index is 1.86. The van der Waals surface area contributed by atoms with Crippen LogP contribution in [0.1, 0.15) is 5.56 Å². The van der Waals surface area contributed by atoms with Crippen LogP contribution in [0.2, 0.25) is 5.02 Å². The van der Waals surface area contributed by atoms with Gasteiger partial charge in [0, 0.05) is 27.1 Å². The van der Waals surface area contributed by atoms with Gasteiger partial charge in [-0.2, -0.15) is 5.10 Å². The van der Waals surface area contributed by atoms with Gasteiger partial charge in [0.2, 0.25) is 0 Å². The number of hydrogen-bond acceptors (Lipinski definition) is 2. The summed E-state index contributed by atoms with van der Waals surface area (Å²) in [6.07, 6.45) is 1.82. The summed E-state index contributed by atoms with van der Waals surface area (Å²) in [6, 6.07) is 11.9. The number of hydrogen-bond donors (Lipinski definition) is 2. The van der Waals surface area contributed by atoms with Gasteiger partial charge in [0.25, 0.3) is 0 Å². The Bertz CT molecular complexity index is 724. The van der Waals surface area contributed by atoms with Crippen molar-refractivity contribution in [2.45, 2.75) is 6.54 Å². The molecule has 2 aromatic carbocycles. The summed E-state index contributed by atoms with van der Waals surface area (Å²) >= 11 is 9.63. The second-order valence-electron chi connectivity index (χ2n) is 4.23. The standard InChI is InChI=1S/C14H11BrClN3/c15-10-4-5-12(16)9(6-10)7-17-13-2-1-3-14-11(13)8-18-19-14/h1-6,8,17H,7H2,(H,18,19). The van der Waals surface area contributed by atoms with Gasteiger partial charge in [0.15, 0.2) is 0 Å². The van der Waals surface area contributed by atoms with Gasteiger partial charge < -0.3 is 5.32 Å². The van der Waals surface area contributed by atoms with Crippen LogP contribution in [0.15, 0.2) is 47.1 Å². The Labute approximate surface area is 124 Å². The Morgan fingerprint density at radius 1 is 1.26 bits per heavy atom. The molecule has 0 saturated heterocycles. The van der Waals surface area contributed by atoms with Crippen LogP contribution in [-0.4, -0.2) is 10.2 Å². The van der Waals surface area contributed by atoms with Crippen molar-refractivity contribution in [3.8, 4) is 0 Å². The van der Waals surface area contributed by atoms with Gasteiger partial charge in [0.05, 0.1) is 11.7 Å². The zero-order valence-electron chi connectivity index (χ0n) is 9.95. The Morgan fingerprint density at radius 3 is 3.05 bits per heavy atom. The third kappa shape index (κ3) is 2.60. The van der Waals surface area contributed by atoms with Gasteiger partial charge in [-0.3, -0.25) is 5.10 Å². The maximum absolute atomic E-state index is 6.18. The highest BCUT2D eigenvalue weighted by Crippen LogP contribution is 2.25. The molecule has 3 aromatic rings. The molecule has 0 aliphatic carbocycles. The van der Waals surface area contributed by atoms with Gasteiger partial charge in [-0.25, -0.2) is 0 Å². The van der Waals surface area contributed by atoms with Crippen molar-refractivity contribution in [2.24, 2.45) is 0 Å². The van der Waals surface area contributed by atoms with E-state index in [1.54, 1.807) is 0 Å². The third-order valence-corrected chi connectivity index (χ3v) is 3.82. The van der Waals surface area contributed by atoms with Crippen molar-refractivity contribution in [1.29, 1.82) is 0 Å². The molecule has 0 bridgehead atoms. The number of rotatable bonds is 3. The van der Waals surface area contributed by atoms with Crippen LogP contribution >= 0.6 is 27.5 Å². The number of nitrogens with zero attached hydrogens (tertiary/aromatic N) is 1. The molecular weight excluding hydrogens is 326 g/mol. The molecule has 96 valence electrons. The average molecular weight is 337 g/mol. The lowest BCUT2D eigenvalue weighted by Crippen LogP contribution is -2.00. The lowest BCUT2D eigenvalue weighted by Gasteiger charge is -2.09. The minimum atomic E-state index is 0.669. The first-order valence-corrected chi connectivity index (χ1v) is 7.01. The molecular formula is C14H11BrClN3. The first kappa shape index (κ1) is 12.5. The maximum atomic E-state index is 6.18. The lowest BCUT2D eigenvalue weighted by atomic mass is 10.2. The summed E-state index contributed by atoms with van der Waals surface area (Å²) in [5.41, 5.74) is 3.11. The summed E-state index contributed by atoms with van der Waals surface area (Å²) < 4.78 is 1.02. The van der Waals surface area contributed by atoms with Crippen LogP contribution in [0.3, 0.4) is 0 Å². The number of fused-ring (bicyclic) bond motifs is 1. The quantitative estimate of drug-likeness (QED) is 0.734. The van der Waals surface area contributed by atoms with Gasteiger partial charge in [-0.1, -0.05) is 33.6 Å². The molecule has 3 rings (SSSR count). The van der Waals surface area contributed by atoms with E-state index in [-0.39, 0.29) is 0 Å². The molecule has 0 aliphatic heterocycles. The topological polar surface area (TPSA) is 40.7 Å². The molecule has 0 fully saturated rings. The van der Waals surface area contributed by atoms with E-state index < -0.39 is 0 Å². The average Bonchev–Trinajstić information content (AvgIpc) is 2.88. The summed E-state index contributed by atoms with van der Waals surface area (Å²) in [5, 5.41) is 12.2. The fraction of sp³-hybridized carbons (Fsp3) is 0.0714. The Kier molecular flexibility index (Phi) is 3.44. The number of benzene rings is 2. The van der Waals surface area contributed by atoms with E-state index in [2.05, 4.69) is 31.4 Å².